The second-order valence-corrected chi connectivity index (χ2v) is 4.15. The van der Waals surface area contributed by atoms with Crippen LogP contribution in [0.1, 0.15) is 11.3 Å². The summed E-state index contributed by atoms with van der Waals surface area (Å²) < 4.78 is 8.17. The first-order valence-corrected chi connectivity index (χ1v) is 5.12. The Labute approximate surface area is 90.8 Å². The van der Waals surface area contributed by atoms with Crippen LogP contribution in [-0.4, -0.2) is 16.5 Å². The van der Waals surface area contributed by atoms with Gasteiger partial charge in [0.2, 0.25) is 0 Å². The third-order valence-electron chi connectivity index (χ3n) is 2.01. The zero-order valence-electron chi connectivity index (χ0n) is 8.12. The van der Waals surface area contributed by atoms with Gasteiger partial charge in [0, 0.05) is 29.5 Å². The minimum atomic E-state index is 0.583. The number of nitrogens with zero attached hydrogens (tertiary/aromatic N) is 2. The van der Waals surface area contributed by atoms with E-state index in [-0.39, 0.29) is 0 Å². The van der Waals surface area contributed by atoms with E-state index in [1.165, 1.54) is 0 Å². The highest BCUT2D eigenvalue weighted by Gasteiger charge is 2.05. The number of hydrogen-bond acceptors (Lipinski definition) is 2. The van der Waals surface area contributed by atoms with E-state index in [4.69, 9.17) is 4.74 Å². The van der Waals surface area contributed by atoms with E-state index in [0.29, 0.717) is 6.61 Å². The molecule has 2 aromatic heterocycles. The maximum Gasteiger partial charge on any atom is 0.142 e. The van der Waals surface area contributed by atoms with Crippen molar-refractivity contribution in [1.82, 2.24) is 9.38 Å². The number of halogens is 1. The molecule has 2 rings (SSSR count). The van der Waals surface area contributed by atoms with Crippen LogP contribution in [0.3, 0.4) is 0 Å². The molecule has 0 saturated carbocycles. The average molecular weight is 255 g/mol. The number of rotatable bonds is 2. The van der Waals surface area contributed by atoms with Gasteiger partial charge < -0.3 is 9.14 Å². The second-order valence-electron chi connectivity index (χ2n) is 3.23. The Morgan fingerprint density at radius 1 is 1.50 bits per heavy atom. The van der Waals surface area contributed by atoms with E-state index in [9.17, 15) is 0 Å². The minimum Gasteiger partial charge on any atom is -0.380 e. The van der Waals surface area contributed by atoms with Crippen molar-refractivity contribution >= 4 is 21.6 Å². The summed E-state index contributed by atoms with van der Waals surface area (Å²) in [5.41, 5.74) is 3.07. The number of fused-ring (bicyclic) bond motifs is 1. The van der Waals surface area contributed by atoms with Crippen LogP contribution in [0.4, 0.5) is 0 Å². The van der Waals surface area contributed by atoms with Gasteiger partial charge in [-0.1, -0.05) is 0 Å². The summed E-state index contributed by atoms with van der Waals surface area (Å²) in [6.45, 7) is 2.57. The van der Waals surface area contributed by atoms with Gasteiger partial charge in [0.15, 0.2) is 0 Å². The Morgan fingerprint density at radius 2 is 2.29 bits per heavy atom. The first-order chi connectivity index (χ1) is 6.70. The molecule has 74 valence electrons. The predicted molar refractivity (Wildman–Crippen MR) is 58.3 cm³/mol. The molecule has 0 spiro atoms. The Kier molecular flexibility index (Phi) is 2.56. The molecule has 0 aliphatic rings. The normalized spacial score (nSPS) is 11.1. The Morgan fingerprint density at radius 3 is 3.00 bits per heavy atom. The summed E-state index contributed by atoms with van der Waals surface area (Å²) in [5, 5.41) is 0. The minimum absolute atomic E-state index is 0.583. The molecular formula is C10H11BrN2O. The van der Waals surface area contributed by atoms with E-state index in [1.807, 2.05) is 29.8 Å². The quantitative estimate of drug-likeness (QED) is 0.824. The summed E-state index contributed by atoms with van der Waals surface area (Å²) in [5.74, 6) is 0. The van der Waals surface area contributed by atoms with Crippen LogP contribution in [0.5, 0.6) is 0 Å². The van der Waals surface area contributed by atoms with Crippen molar-refractivity contribution in [3.8, 4) is 0 Å². The maximum atomic E-state index is 5.13. The molecule has 0 aliphatic carbocycles. The number of imidazole rings is 1. The molecule has 0 amide bonds. The van der Waals surface area contributed by atoms with E-state index in [2.05, 4.69) is 20.9 Å². The number of aryl methyl sites for hydroxylation is 1. The zero-order chi connectivity index (χ0) is 10.1. The van der Waals surface area contributed by atoms with E-state index < -0.39 is 0 Å². The number of hydrogen-bond donors (Lipinski definition) is 0. The highest BCUT2D eigenvalue weighted by atomic mass is 79.9. The number of methoxy groups -OCH3 is 1. The fraction of sp³-hybridized carbons (Fsp3) is 0.300. The first kappa shape index (κ1) is 9.68. The average Bonchev–Trinajstić information content (AvgIpc) is 2.45. The highest BCUT2D eigenvalue weighted by Crippen LogP contribution is 2.18. The predicted octanol–water partition coefficient (Wildman–Crippen LogP) is 2.55. The van der Waals surface area contributed by atoms with Crippen molar-refractivity contribution in [2.45, 2.75) is 13.5 Å². The molecule has 3 nitrogen and oxygen atoms in total. The van der Waals surface area contributed by atoms with Crippen LogP contribution in [0.15, 0.2) is 22.9 Å². The molecule has 0 bridgehead atoms. The molecule has 0 N–H and O–H groups in total. The summed E-state index contributed by atoms with van der Waals surface area (Å²) in [4.78, 5) is 4.43. The van der Waals surface area contributed by atoms with Gasteiger partial charge in [-0.25, -0.2) is 4.98 Å². The number of aromatic nitrogens is 2. The van der Waals surface area contributed by atoms with Crippen molar-refractivity contribution in [1.29, 1.82) is 0 Å². The molecule has 0 radical (unpaired) electrons. The molecule has 0 saturated heterocycles. The summed E-state index contributed by atoms with van der Waals surface area (Å²) in [6.07, 6.45) is 3.99. The molecule has 4 heteroatoms. The second kappa shape index (κ2) is 3.71. The molecular weight excluding hydrogens is 244 g/mol. The van der Waals surface area contributed by atoms with Crippen LogP contribution in [0.2, 0.25) is 0 Å². The first-order valence-electron chi connectivity index (χ1n) is 4.33. The van der Waals surface area contributed by atoms with E-state index in [1.54, 1.807) is 7.11 Å². The summed E-state index contributed by atoms with van der Waals surface area (Å²) >= 11 is 3.46. The van der Waals surface area contributed by atoms with Gasteiger partial charge in [-0.3, -0.25) is 0 Å². The van der Waals surface area contributed by atoms with Gasteiger partial charge in [0.05, 0.1) is 12.3 Å². The maximum absolute atomic E-state index is 5.13. The van der Waals surface area contributed by atoms with E-state index in [0.717, 1.165) is 21.4 Å². The van der Waals surface area contributed by atoms with Crippen LogP contribution >= 0.6 is 15.9 Å². The number of pyridine rings is 1. The van der Waals surface area contributed by atoms with Crippen LogP contribution in [-0.2, 0) is 11.3 Å². The fourth-order valence-electron chi connectivity index (χ4n) is 1.51. The van der Waals surface area contributed by atoms with Gasteiger partial charge in [0.25, 0.3) is 0 Å². The Hall–Kier alpha value is -0.870. The van der Waals surface area contributed by atoms with Gasteiger partial charge in [0.1, 0.15) is 5.65 Å². The van der Waals surface area contributed by atoms with Crippen molar-refractivity contribution in [2.24, 2.45) is 0 Å². The lowest BCUT2D eigenvalue weighted by molar-refractivity contribution is 0.185. The molecule has 0 unspecified atom stereocenters. The molecule has 0 aromatic carbocycles. The van der Waals surface area contributed by atoms with E-state index >= 15 is 0 Å². The topological polar surface area (TPSA) is 26.5 Å². The van der Waals surface area contributed by atoms with Crippen molar-refractivity contribution in [3.05, 3.63) is 34.2 Å². The Bertz CT molecular complexity index is 464. The van der Waals surface area contributed by atoms with Gasteiger partial charge >= 0.3 is 0 Å². The monoisotopic (exact) mass is 254 g/mol. The molecule has 0 fully saturated rings. The van der Waals surface area contributed by atoms with Gasteiger partial charge in [-0.2, -0.15) is 0 Å². The summed E-state index contributed by atoms with van der Waals surface area (Å²) in [6, 6.07) is 2.03. The van der Waals surface area contributed by atoms with Crippen molar-refractivity contribution in [2.75, 3.05) is 7.11 Å². The molecule has 2 aromatic rings. The largest absolute Gasteiger partial charge is 0.380 e. The smallest absolute Gasteiger partial charge is 0.142 e. The molecule has 2 heterocycles. The highest BCUT2D eigenvalue weighted by molar-refractivity contribution is 9.10. The Balaban J connectivity index is 2.66. The zero-order valence-corrected chi connectivity index (χ0v) is 9.71. The summed E-state index contributed by atoms with van der Waals surface area (Å²) in [7, 11) is 1.69. The van der Waals surface area contributed by atoms with Gasteiger partial charge in [-0.05, 0) is 28.9 Å². The van der Waals surface area contributed by atoms with Crippen LogP contribution in [0, 0.1) is 6.92 Å². The standard InChI is InChI=1S/C10H11BrN2O/c1-7-4-13-5-9(11)3-8(6-14-2)10(13)12-7/h3-5H,6H2,1-2H3. The van der Waals surface area contributed by atoms with Crippen LogP contribution < -0.4 is 0 Å². The van der Waals surface area contributed by atoms with Gasteiger partial charge in [-0.15, -0.1) is 0 Å². The van der Waals surface area contributed by atoms with Crippen molar-refractivity contribution < 1.29 is 4.74 Å². The SMILES string of the molecule is COCc1cc(Br)cn2cc(C)nc12. The lowest BCUT2D eigenvalue weighted by atomic mass is 10.3. The number of ether oxygens (including phenoxy) is 1. The molecule has 14 heavy (non-hydrogen) atoms. The lowest BCUT2D eigenvalue weighted by Crippen LogP contribution is -1.94. The third-order valence-corrected chi connectivity index (χ3v) is 2.45. The van der Waals surface area contributed by atoms with Crippen LogP contribution in [0.25, 0.3) is 5.65 Å². The molecule has 0 atom stereocenters. The van der Waals surface area contributed by atoms with Crippen molar-refractivity contribution in [3.63, 3.8) is 0 Å². The molecule has 0 aliphatic heterocycles. The third kappa shape index (κ3) is 1.67. The lowest BCUT2D eigenvalue weighted by Gasteiger charge is -2.03. The fourth-order valence-corrected chi connectivity index (χ4v) is 2.01.